The van der Waals surface area contributed by atoms with E-state index >= 15 is 0 Å². The Morgan fingerprint density at radius 1 is 1.06 bits per heavy atom. The maximum atomic E-state index is 13.5. The molecule has 0 bridgehead atoms. The number of sulfonamides is 1. The molecule has 1 aliphatic rings. The SMILES string of the molecule is Cc1cc(CC(=O)O)cc(S(=O)(=O)N2C(C)CN(CCCc3ccc(OC(F)(F)F)cc3)C[C@@H]2C)c1. The average molecular weight is 529 g/mol. The number of halogens is 3. The summed E-state index contributed by atoms with van der Waals surface area (Å²) >= 11 is 0. The molecule has 198 valence electrons. The molecule has 0 aromatic heterocycles. The first-order valence-electron chi connectivity index (χ1n) is 11.7. The zero-order chi connectivity index (χ0) is 26.7. The molecule has 11 heteroatoms. The van der Waals surface area contributed by atoms with Crippen LogP contribution in [0.1, 0.15) is 37.0 Å². The Balaban J connectivity index is 1.60. The number of carboxylic acid groups (broad SMARTS) is 1. The number of hydrogen-bond donors (Lipinski definition) is 1. The Bertz CT molecular complexity index is 1160. The van der Waals surface area contributed by atoms with Crippen LogP contribution in [-0.2, 0) is 27.7 Å². The highest BCUT2D eigenvalue weighted by Crippen LogP contribution is 2.27. The van der Waals surface area contributed by atoms with Crippen LogP contribution in [0, 0.1) is 6.92 Å². The third-order valence-corrected chi connectivity index (χ3v) is 8.16. The Morgan fingerprint density at radius 3 is 2.22 bits per heavy atom. The number of aliphatic carboxylic acids is 1. The van der Waals surface area contributed by atoms with Crippen LogP contribution in [0.5, 0.6) is 5.75 Å². The third kappa shape index (κ3) is 7.44. The van der Waals surface area contributed by atoms with E-state index in [1.54, 1.807) is 31.2 Å². The van der Waals surface area contributed by atoms with E-state index in [2.05, 4.69) is 9.64 Å². The van der Waals surface area contributed by atoms with Crippen LogP contribution in [0.15, 0.2) is 47.4 Å². The Kier molecular flexibility index (Phi) is 8.68. The van der Waals surface area contributed by atoms with E-state index in [0.717, 1.165) is 18.5 Å². The summed E-state index contributed by atoms with van der Waals surface area (Å²) in [4.78, 5) is 13.4. The normalized spacial score (nSPS) is 19.8. The maximum absolute atomic E-state index is 13.5. The lowest BCUT2D eigenvalue weighted by Crippen LogP contribution is -2.58. The summed E-state index contributed by atoms with van der Waals surface area (Å²) in [5, 5.41) is 9.10. The molecule has 2 atom stereocenters. The molecule has 2 aromatic carbocycles. The van der Waals surface area contributed by atoms with Gasteiger partial charge in [0.2, 0.25) is 10.0 Å². The number of carbonyl (C=O) groups is 1. The lowest BCUT2D eigenvalue weighted by Gasteiger charge is -2.43. The van der Waals surface area contributed by atoms with Gasteiger partial charge in [0.15, 0.2) is 0 Å². The molecule has 0 amide bonds. The van der Waals surface area contributed by atoms with E-state index in [-0.39, 0.29) is 29.1 Å². The molecule has 1 fully saturated rings. The summed E-state index contributed by atoms with van der Waals surface area (Å²) in [6.07, 6.45) is -3.53. The number of rotatable bonds is 9. The molecule has 3 rings (SSSR count). The van der Waals surface area contributed by atoms with Crippen molar-refractivity contribution in [3.05, 3.63) is 59.2 Å². The Hall–Kier alpha value is -2.63. The molecule has 7 nitrogen and oxygen atoms in total. The molecule has 1 saturated heterocycles. The van der Waals surface area contributed by atoms with E-state index in [4.69, 9.17) is 5.11 Å². The summed E-state index contributed by atoms with van der Waals surface area (Å²) in [7, 11) is -3.82. The number of piperazine rings is 1. The van der Waals surface area contributed by atoms with Crippen molar-refractivity contribution >= 4 is 16.0 Å². The number of aryl methyl sites for hydroxylation is 2. The van der Waals surface area contributed by atoms with Crippen LogP contribution < -0.4 is 4.74 Å². The number of carboxylic acids is 1. The predicted octanol–water partition coefficient (Wildman–Crippen LogP) is 4.24. The fraction of sp³-hybridized carbons (Fsp3) is 0.480. The van der Waals surface area contributed by atoms with Crippen molar-refractivity contribution in [2.75, 3.05) is 19.6 Å². The van der Waals surface area contributed by atoms with Gasteiger partial charge in [-0.3, -0.25) is 4.79 Å². The van der Waals surface area contributed by atoms with Gasteiger partial charge in [0, 0.05) is 25.2 Å². The van der Waals surface area contributed by atoms with Crippen molar-refractivity contribution < 1.29 is 36.2 Å². The third-order valence-electron chi connectivity index (χ3n) is 6.05. The first-order chi connectivity index (χ1) is 16.7. The Morgan fingerprint density at radius 2 is 1.67 bits per heavy atom. The van der Waals surface area contributed by atoms with Gasteiger partial charge in [-0.05, 0) is 81.1 Å². The summed E-state index contributed by atoms with van der Waals surface area (Å²) in [6, 6.07) is 9.91. The van der Waals surface area contributed by atoms with E-state index in [1.807, 2.05) is 13.8 Å². The topological polar surface area (TPSA) is 87.1 Å². The lowest BCUT2D eigenvalue weighted by atomic mass is 10.1. The molecule has 1 unspecified atom stereocenters. The second kappa shape index (κ2) is 11.2. The fourth-order valence-corrected chi connectivity index (χ4v) is 6.77. The van der Waals surface area contributed by atoms with Crippen molar-refractivity contribution in [1.82, 2.24) is 9.21 Å². The molecular weight excluding hydrogens is 497 g/mol. The van der Waals surface area contributed by atoms with E-state index in [0.29, 0.717) is 30.6 Å². The monoisotopic (exact) mass is 528 g/mol. The smallest absolute Gasteiger partial charge is 0.481 e. The summed E-state index contributed by atoms with van der Waals surface area (Å²) < 4.78 is 69.3. The number of alkyl halides is 3. The molecule has 0 radical (unpaired) electrons. The summed E-state index contributed by atoms with van der Waals surface area (Å²) in [5.41, 5.74) is 2.02. The van der Waals surface area contributed by atoms with Gasteiger partial charge in [-0.2, -0.15) is 4.31 Å². The number of hydrogen-bond acceptors (Lipinski definition) is 5. The van der Waals surface area contributed by atoms with Crippen molar-refractivity contribution in [1.29, 1.82) is 0 Å². The first-order valence-corrected chi connectivity index (χ1v) is 13.1. The van der Waals surface area contributed by atoms with Crippen LogP contribution in [0.2, 0.25) is 0 Å². The number of nitrogens with zero attached hydrogens (tertiary/aromatic N) is 2. The minimum absolute atomic E-state index is 0.101. The van der Waals surface area contributed by atoms with Gasteiger partial charge < -0.3 is 14.7 Å². The minimum Gasteiger partial charge on any atom is -0.481 e. The zero-order valence-corrected chi connectivity index (χ0v) is 21.3. The molecule has 2 aromatic rings. The molecule has 1 N–H and O–H groups in total. The van der Waals surface area contributed by atoms with Crippen molar-refractivity contribution in [2.45, 2.75) is 63.4 Å². The van der Waals surface area contributed by atoms with Crippen molar-refractivity contribution in [3.63, 3.8) is 0 Å². The quantitative estimate of drug-likeness (QED) is 0.524. The van der Waals surface area contributed by atoms with Gasteiger partial charge in [0.25, 0.3) is 0 Å². The molecule has 0 aliphatic carbocycles. The highest BCUT2D eigenvalue weighted by molar-refractivity contribution is 7.89. The van der Waals surface area contributed by atoms with Gasteiger partial charge in [-0.25, -0.2) is 8.42 Å². The molecule has 1 heterocycles. The molecular formula is C25H31F3N2O5S. The van der Waals surface area contributed by atoms with Crippen LogP contribution in [0.3, 0.4) is 0 Å². The molecule has 0 saturated carbocycles. The Labute approximate surface area is 209 Å². The van der Waals surface area contributed by atoms with Crippen LogP contribution in [-0.4, -0.2) is 66.8 Å². The van der Waals surface area contributed by atoms with Crippen LogP contribution >= 0.6 is 0 Å². The highest BCUT2D eigenvalue weighted by Gasteiger charge is 2.38. The molecule has 0 spiro atoms. The zero-order valence-electron chi connectivity index (χ0n) is 20.5. The standard InChI is InChI=1S/C25H31F3N2O5S/c1-17-11-21(14-24(31)32)13-23(12-17)36(33,34)30-18(2)15-29(16-19(30)3)10-4-5-20-6-8-22(9-7-20)35-25(26,27)28/h6-9,11-13,18-19H,4-5,10,14-16H2,1-3H3,(H,31,32)/t18-,19?/m0/s1. The summed E-state index contributed by atoms with van der Waals surface area (Å²) in [5.74, 6) is -1.28. The van der Waals surface area contributed by atoms with E-state index in [9.17, 15) is 26.4 Å². The largest absolute Gasteiger partial charge is 0.573 e. The second-order valence-electron chi connectivity index (χ2n) is 9.31. The van der Waals surface area contributed by atoms with Gasteiger partial charge in [0.1, 0.15) is 5.75 Å². The van der Waals surface area contributed by atoms with Crippen molar-refractivity contribution in [2.24, 2.45) is 0 Å². The first kappa shape index (κ1) is 27.9. The van der Waals surface area contributed by atoms with Crippen LogP contribution in [0.4, 0.5) is 13.2 Å². The molecule has 36 heavy (non-hydrogen) atoms. The van der Waals surface area contributed by atoms with Crippen molar-refractivity contribution in [3.8, 4) is 5.75 Å². The molecule has 1 aliphatic heterocycles. The van der Waals surface area contributed by atoms with Gasteiger partial charge in [-0.15, -0.1) is 13.2 Å². The highest BCUT2D eigenvalue weighted by atomic mass is 32.2. The van der Waals surface area contributed by atoms with E-state index < -0.39 is 22.4 Å². The fourth-order valence-electron chi connectivity index (χ4n) is 4.81. The average Bonchev–Trinajstić information content (AvgIpc) is 2.72. The van der Waals surface area contributed by atoms with Gasteiger partial charge in [0.05, 0.1) is 11.3 Å². The number of ether oxygens (including phenoxy) is 1. The predicted molar refractivity (Wildman–Crippen MR) is 128 cm³/mol. The van der Waals surface area contributed by atoms with E-state index in [1.165, 1.54) is 22.5 Å². The maximum Gasteiger partial charge on any atom is 0.573 e. The summed E-state index contributed by atoms with van der Waals surface area (Å²) in [6.45, 7) is 7.25. The van der Waals surface area contributed by atoms with Gasteiger partial charge >= 0.3 is 12.3 Å². The van der Waals surface area contributed by atoms with Gasteiger partial charge in [-0.1, -0.05) is 18.2 Å². The second-order valence-corrected chi connectivity index (χ2v) is 11.2. The lowest BCUT2D eigenvalue weighted by molar-refractivity contribution is -0.274. The minimum atomic E-state index is -4.72. The number of benzene rings is 2. The van der Waals surface area contributed by atoms with Crippen LogP contribution in [0.25, 0.3) is 0 Å².